The maximum atomic E-state index is 5.80. The first-order valence-corrected chi connectivity index (χ1v) is 5.50. The van der Waals surface area contributed by atoms with Crippen molar-refractivity contribution in [1.29, 1.82) is 0 Å². The van der Waals surface area contributed by atoms with E-state index in [1.807, 2.05) is 16.7 Å². The molecule has 0 radical (unpaired) electrons. The molecule has 0 aromatic carbocycles. The zero-order valence-electron chi connectivity index (χ0n) is 9.13. The summed E-state index contributed by atoms with van der Waals surface area (Å²) in [5, 5.41) is 3.35. The summed E-state index contributed by atoms with van der Waals surface area (Å²) in [5.74, 6) is 0.652. The van der Waals surface area contributed by atoms with Gasteiger partial charge in [0.25, 0.3) is 0 Å². The summed E-state index contributed by atoms with van der Waals surface area (Å²) >= 11 is 0. The molecule has 1 aliphatic rings. The van der Waals surface area contributed by atoms with E-state index >= 15 is 0 Å². The van der Waals surface area contributed by atoms with E-state index in [0.717, 1.165) is 18.6 Å². The number of ether oxygens (including phenoxy) is 1. The molecule has 2 unspecified atom stereocenters. The van der Waals surface area contributed by atoms with E-state index in [2.05, 4.69) is 22.2 Å². The standard InChI is InChI=1S/C11H14N4O/c1-8-4-9(6-13-8)16-11-5-10-12-2-3-15(10)7-14-11/h2-3,5,7-9,13H,4,6H2,1H3. The number of aromatic nitrogens is 3. The smallest absolute Gasteiger partial charge is 0.218 e. The molecule has 2 atom stereocenters. The van der Waals surface area contributed by atoms with E-state index in [1.165, 1.54) is 0 Å². The average Bonchev–Trinajstić information content (AvgIpc) is 2.87. The molecule has 5 heteroatoms. The third-order valence-electron chi connectivity index (χ3n) is 2.86. The van der Waals surface area contributed by atoms with Crippen molar-refractivity contribution in [3.8, 4) is 5.88 Å². The predicted octanol–water partition coefficient (Wildman–Crippen LogP) is 0.858. The van der Waals surface area contributed by atoms with Crippen LogP contribution < -0.4 is 10.1 Å². The minimum Gasteiger partial charge on any atom is -0.473 e. The van der Waals surface area contributed by atoms with E-state index in [0.29, 0.717) is 11.9 Å². The number of hydrogen-bond acceptors (Lipinski definition) is 4. The van der Waals surface area contributed by atoms with Gasteiger partial charge >= 0.3 is 0 Å². The highest BCUT2D eigenvalue weighted by atomic mass is 16.5. The van der Waals surface area contributed by atoms with Crippen molar-refractivity contribution in [2.45, 2.75) is 25.5 Å². The number of nitrogens with one attached hydrogen (secondary N) is 1. The molecule has 3 heterocycles. The van der Waals surface area contributed by atoms with Crippen molar-refractivity contribution in [2.24, 2.45) is 0 Å². The molecule has 1 N–H and O–H groups in total. The van der Waals surface area contributed by atoms with Crippen LogP contribution in [0.4, 0.5) is 0 Å². The van der Waals surface area contributed by atoms with Gasteiger partial charge in [-0.05, 0) is 6.92 Å². The SMILES string of the molecule is CC1CC(Oc2cc3nccn3cn2)CN1. The van der Waals surface area contributed by atoms with Crippen LogP contribution in [0.1, 0.15) is 13.3 Å². The van der Waals surface area contributed by atoms with Gasteiger partial charge in [0.2, 0.25) is 5.88 Å². The quantitative estimate of drug-likeness (QED) is 0.812. The van der Waals surface area contributed by atoms with Crippen LogP contribution in [0.3, 0.4) is 0 Å². The molecule has 2 aromatic heterocycles. The van der Waals surface area contributed by atoms with Crippen molar-refractivity contribution in [3.63, 3.8) is 0 Å². The molecular weight excluding hydrogens is 204 g/mol. The fourth-order valence-electron chi connectivity index (χ4n) is 2.02. The topological polar surface area (TPSA) is 51.5 Å². The van der Waals surface area contributed by atoms with E-state index in [4.69, 9.17) is 4.74 Å². The van der Waals surface area contributed by atoms with Gasteiger partial charge in [-0.25, -0.2) is 9.97 Å². The Morgan fingerprint density at radius 2 is 2.44 bits per heavy atom. The van der Waals surface area contributed by atoms with Crippen LogP contribution in [0.5, 0.6) is 5.88 Å². The number of imidazole rings is 1. The summed E-state index contributed by atoms with van der Waals surface area (Å²) in [6, 6.07) is 2.39. The minimum atomic E-state index is 0.222. The van der Waals surface area contributed by atoms with Crippen molar-refractivity contribution < 1.29 is 4.74 Å². The second kappa shape index (κ2) is 3.75. The first kappa shape index (κ1) is 9.59. The summed E-state index contributed by atoms with van der Waals surface area (Å²) < 4.78 is 7.66. The fraction of sp³-hybridized carbons (Fsp3) is 0.455. The number of rotatable bonds is 2. The molecule has 16 heavy (non-hydrogen) atoms. The summed E-state index contributed by atoms with van der Waals surface area (Å²) in [5.41, 5.74) is 0.865. The third-order valence-corrected chi connectivity index (χ3v) is 2.86. The largest absolute Gasteiger partial charge is 0.473 e. The second-order valence-corrected chi connectivity index (χ2v) is 4.20. The molecule has 0 aliphatic carbocycles. The second-order valence-electron chi connectivity index (χ2n) is 4.20. The Bertz CT molecular complexity index is 495. The third kappa shape index (κ3) is 1.74. The van der Waals surface area contributed by atoms with Gasteiger partial charge in [0.05, 0.1) is 0 Å². The summed E-state index contributed by atoms with van der Waals surface area (Å²) in [6.07, 6.45) is 6.59. The Kier molecular flexibility index (Phi) is 2.25. The number of fused-ring (bicyclic) bond motifs is 1. The van der Waals surface area contributed by atoms with Crippen LogP contribution in [0.15, 0.2) is 24.8 Å². The van der Waals surface area contributed by atoms with E-state index in [-0.39, 0.29) is 6.10 Å². The summed E-state index contributed by atoms with van der Waals surface area (Å²) in [4.78, 5) is 8.44. The highest BCUT2D eigenvalue weighted by Gasteiger charge is 2.22. The van der Waals surface area contributed by atoms with Gasteiger partial charge in [-0.1, -0.05) is 0 Å². The van der Waals surface area contributed by atoms with Gasteiger partial charge in [-0.2, -0.15) is 0 Å². The first-order valence-electron chi connectivity index (χ1n) is 5.50. The van der Waals surface area contributed by atoms with E-state index < -0.39 is 0 Å². The van der Waals surface area contributed by atoms with Gasteiger partial charge in [-0.15, -0.1) is 0 Å². The van der Waals surface area contributed by atoms with Crippen LogP contribution >= 0.6 is 0 Å². The van der Waals surface area contributed by atoms with E-state index in [1.54, 1.807) is 12.5 Å². The lowest BCUT2D eigenvalue weighted by Crippen LogP contribution is -2.21. The zero-order valence-corrected chi connectivity index (χ0v) is 9.13. The van der Waals surface area contributed by atoms with Crippen molar-refractivity contribution >= 4 is 5.65 Å². The zero-order chi connectivity index (χ0) is 11.0. The van der Waals surface area contributed by atoms with Gasteiger partial charge in [-0.3, -0.25) is 4.40 Å². The molecule has 1 aliphatic heterocycles. The van der Waals surface area contributed by atoms with Crippen molar-refractivity contribution in [3.05, 3.63) is 24.8 Å². The lowest BCUT2D eigenvalue weighted by Gasteiger charge is -2.11. The van der Waals surface area contributed by atoms with Crippen LogP contribution in [-0.4, -0.2) is 33.1 Å². The Hall–Kier alpha value is -1.62. The van der Waals surface area contributed by atoms with Crippen LogP contribution in [-0.2, 0) is 0 Å². The fourth-order valence-corrected chi connectivity index (χ4v) is 2.02. The van der Waals surface area contributed by atoms with Crippen LogP contribution in [0, 0.1) is 0 Å². The predicted molar refractivity (Wildman–Crippen MR) is 59.5 cm³/mol. The number of nitrogens with zero attached hydrogens (tertiary/aromatic N) is 3. The van der Waals surface area contributed by atoms with Crippen molar-refractivity contribution in [2.75, 3.05) is 6.54 Å². The maximum Gasteiger partial charge on any atom is 0.218 e. The van der Waals surface area contributed by atoms with Crippen LogP contribution in [0.25, 0.3) is 5.65 Å². The minimum absolute atomic E-state index is 0.222. The van der Waals surface area contributed by atoms with Gasteiger partial charge < -0.3 is 10.1 Å². The molecule has 5 nitrogen and oxygen atoms in total. The lowest BCUT2D eigenvalue weighted by atomic mass is 10.2. The van der Waals surface area contributed by atoms with Crippen molar-refractivity contribution in [1.82, 2.24) is 19.7 Å². The lowest BCUT2D eigenvalue weighted by molar-refractivity contribution is 0.211. The van der Waals surface area contributed by atoms with Gasteiger partial charge in [0.15, 0.2) is 0 Å². The average molecular weight is 218 g/mol. The van der Waals surface area contributed by atoms with Crippen LogP contribution in [0.2, 0.25) is 0 Å². The molecule has 0 saturated carbocycles. The van der Waals surface area contributed by atoms with Gasteiger partial charge in [0.1, 0.15) is 18.1 Å². The molecule has 0 spiro atoms. The maximum absolute atomic E-state index is 5.80. The summed E-state index contributed by atoms with van der Waals surface area (Å²) in [7, 11) is 0. The Labute approximate surface area is 93.5 Å². The molecular formula is C11H14N4O. The normalized spacial score (nSPS) is 25.1. The van der Waals surface area contributed by atoms with Gasteiger partial charge in [0, 0.05) is 37.5 Å². The first-order chi connectivity index (χ1) is 7.81. The Balaban J connectivity index is 1.78. The molecule has 84 valence electrons. The summed E-state index contributed by atoms with van der Waals surface area (Å²) in [6.45, 7) is 3.05. The molecule has 2 aromatic rings. The molecule has 0 bridgehead atoms. The highest BCUT2D eigenvalue weighted by molar-refractivity contribution is 5.40. The molecule has 1 saturated heterocycles. The molecule has 0 amide bonds. The Morgan fingerprint density at radius 1 is 1.50 bits per heavy atom. The Morgan fingerprint density at radius 3 is 3.25 bits per heavy atom. The molecule has 1 fully saturated rings. The molecule has 3 rings (SSSR count). The monoisotopic (exact) mass is 218 g/mol. The van der Waals surface area contributed by atoms with E-state index in [9.17, 15) is 0 Å². The number of hydrogen-bond donors (Lipinski definition) is 1. The highest BCUT2D eigenvalue weighted by Crippen LogP contribution is 2.15.